The summed E-state index contributed by atoms with van der Waals surface area (Å²) < 4.78 is 0. The molecule has 0 bridgehead atoms. The lowest BCUT2D eigenvalue weighted by atomic mass is 9.76. The predicted molar refractivity (Wildman–Crippen MR) is 134 cm³/mol. The normalized spacial score (nSPS) is 20.9. The van der Waals surface area contributed by atoms with Gasteiger partial charge >= 0.3 is 0 Å². The summed E-state index contributed by atoms with van der Waals surface area (Å²) in [6, 6.07) is 22.4. The summed E-state index contributed by atoms with van der Waals surface area (Å²) in [7, 11) is 0. The van der Waals surface area contributed by atoms with Crippen LogP contribution in [0.15, 0.2) is 102 Å². The van der Waals surface area contributed by atoms with Gasteiger partial charge in [-0.15, -0.1) is 0 Å². The van der Waals surface area contributed by atoms with Gasteiger partial charge < -0.3 is 10.0 Å². The highest BCUT2D eigenvalue weighted by atomic mass is 35.5. The molecule has 7 heteroatoms. The topological polar surface area (TPSA) is 78.9 Å². The van der Waals surface area contributed by atoms with Crippen LogP contribution in [0.1, 0.15) is 27.4 Å². The molecular weight excluding hydrogens is 464 g/mol. The number of amides is 2. The Hall–Kier alpha value is -3.87. The summed E-state index contributed by atoms with van der Waals surface area (Å²) in [5.74, 6) is -1.54. The summed E-state index contributed by atoms with van der Waals surface area (Å²) in [5, 5.41) is 10.3. The molecule has 1 heterocycles. The molecule has 3 aromatic carbocycles. The van der Waals surface area contributed by atoms with E-state index in [0.29, 0.717) is 21.8 Å². The minimum atomic E-state index is -0.734. The summed E-state index contributed by atoms with van der Waals surface area (Å²) in [6.45, 7) is 0.210. The molecule has 2 aliphatic rings. The van der Waals surface area contributed by atoms with Crippen LogP contribution in [0.3, 0.4) is 0 Å². The van der Waals surface area contributed by atoms with Crippen molar-refractivity contribution in [1.29, 1.82) is 0 Å². The van der Waals surface area contributed by atoms with Crippen LogP contribution < -0.4 is 10.4 Å². The van der Waals surface area contributed by atoms with E-state index in [0.717, 1.165) is 5.56 Å². The number of hydroxylamine groups is 1. The van der Waals surface area contributed by atoms with Crippen LogP contribution in [-0.2, 0) is 16.2 Å². The van der Waals surface area contributed by atoms with Crippen molar-refractivity contribution >= 4 is 29.1 Å². The molecule has 1 aliphatic heterocycles. The van der Waals surface area contributed by atoms with Gasteiger partial charge in [0.15, 0.2) is 0 Å². The molecule has 0 aromatic heterocycles. The Labute approximate surface area is 208 Å². The number of benzene rings is 3. The van der Waals surface area contributed by atoms with Gasteiger partial charge in [0.1, 0.15) is 5.75 Å². The molecule has 2 unspecified atom stereocenters. The van der Waals surface area contributed by atoms with Gasteiger partial charge in [-0.1, -0.05) is 72.3 Å². The van der Waals surface area contributed by atoms with Crippen molar-refractivity contribution in [3.05, 3.63) is 119 Å². The number of nitrogens with one attached hydrogen (secondary N) is 1. The van der Waals surface area contributed by atoms with E-state index in [1.54, 1.807) is 41.3 Å². The summed E-state index contributed by atoms with van der Waals surface area (Å²) in [4.78, 5) is 34.6. The second-order valence-corrected chi connectivity index (χ2v) is 8.91. The van der Waals surface area contributed by atoms with Crippen molar-refractivity contribution in [3.8, 4) is 5.75 Å². The van der Waals surface area contributed by atoms with Gasteiger partial charge in [-0.25, -0.2) is 5.48 Å². The van der Waals surface area contributed by atoms with Crippen LogP contribution in [0.5, 0.6) is 5.75 Å². The van der Waals surface area contributed by atoms with Crippen molar-refractivity contribution in [2.45, 2.75) is 18.6 Å². The van der Waals surface area contributed by atoms with E-state index >= 15 is 0 Å². The lowest BCUT2D eigenvalue weighted by molar-refractivity contribution is -0.136. The zero-order valence-electron chi connectivity index (χ0n) is 18.7. The molecule has 2 N–H and O–H groups in total. The first kappa shape index (κ1) is 22.9. The summed E-state index contributed by atoms with van der Waals surface area (Å²) >= 11 is 6.27. The molecule has 0 spiro atoms. The molecule has 0 fully saturated rings. The second-order valence-electron chi connectivity index (χ2n) is 8.48. The third-order valence-electron chi connectivity index (χ3n) is 6.27. The molecule has 0 saturated carbocycles. The van der Waals surface area contributed by atoms with Crippen LogP contribution in [0.4, 0.5) is 5.69 Å². The van der Waals surface area contributed by atoms with Crippen LogP contribution in [-0.4, -0.2) is 23.0 Å². The zero-order valence-corrected chi connectivity index (χ0v) is 19.4. The Morgan fingerprint density at radius 2 is 1.71 bits per heavy atom. The third kappa shape index (κ3) is 4.58. The van der Waals surface area contributed by atoms with E-state index in [4.69, 9.17) is 16.4 Å². The standard InChI is InChI=1S/C28H23ClN2O4/c29-20-11-10-19(16-20)26-25(27(33)30-35-17-18-6-2-1-3-7-18)23-8-4-5-9-24(23)28(34)31(26)21-12-14-22(32)15-13-21/h1-16,19,25-26,32H,17H2,(H,30,33)/t19?,25-,26?/m1/s1. The monoisotopic (exact) mass is 486 g/mol. The molecule has 0 radical (unpaired) electrons. The van der Waals surface area contributed by atoms with Crippen LogP contribution in [0.2, 0.25) is 0 Å². The second kappa shape index (κ2) is 9.78. The van der Waals surface area contributed by atoms with E-state index in [9.17, 15) is 14.7 Å². The number of phenols is 1. The van der Waals surface area contributed by atoms with Crippen LogP contribution in [0, 0.1) is 5.92 Å². The Morgan fingerprint density at radius 1 is 1.00 bits per heavy atom. The van der Waals surface area contributed by atoms with Crippen molar-refractivity contribution in [1.82, 2.24) is 5.48 Å². The van der Waals surface area contributed by atoms with Gasteiger partial charge in [0.05, 0.1) is 18.6 Å². The smallest absolute Gasteiger partial charge is 0.258 e. The SMILES string of the molecule is O=C(NOCc1ccccc1)[C@@H]1c2ccccc2C(=O)N(c2ccc(O)cc2)C1C1C=CC(Cl)=C1. The minimum Gasteiger partial charge on any atom is -0.508 e. The largest absolute Gasteiger partial charge is 0.508 e. The fourth-order valence-electron chi connectivity index (χ4n) is 4.69. The zero-order chi connectivity index (χ0) is 24.4. The number of anilines is 1. The number of phenolic OH excluding ortho intramolecular Hbond substituents is 1. The van der Waals surface area contributed by atoms with E-state index in [1.807, 2.05) is 48.6 Å². The van der Waals surface area contributed by atoms with Gasteiger partial charge in [-0.2, -0.15) is 0 Å². The van der Waals surface area contributed by atoms with Gasteiger partial charge in [0, 0.05) is 22.2 Å². The van der Waals surface area contributed by atoms with Crippen molar-refractivity contribution < 1.29 is 19.5 Å². The highest BCUT2D eigenvalue weighted by Crippen LogP contribution is 2.42. The number of hydrogen-bond donors (Lipinski definition) is 2. The highest BCUT2D eigenvalue weighted by molar-refractivity contribution is 6.31. The van der Waals surface area contributed by atoms with Gasteiger partial charge in [-0.3, -0.25) is 14.4 Å². The lowest BCUT2D eigenvalue weighted by Gasteiger charge is -2.43. The fourth-order valence-corrected chi connectivity index (χ4v) is 4.91. The summed E-state index contributed by atoms with van der Waals surface area (Å²) in [5.41, 5.74) is 5.17. The number of hydrogen-bond acceptors (Lipinski definition) is 4. The molecule has 176 valence electrons. The molecule has 2 amide bonds. The number of fused-ring (bicyclic) bond motifs is 1. The van der Waals surface area contributed by atoms with Gasteiger partial charge in [0.25, 0.3) is 11.8 Å². The van der Waals surface area contributed by atoms with Gasteiger partial charge in [0.2, 0.25) is 0 Å². The molecule has 1 aliphatic carbocycles. The first-order valence-corrected chi connectivity index (χ1v) is 11.6. The first-order chi connectivity index (χ1) is 17.0. The average Bonchev–Trinajstić information content (AvgIpc) is 3.31. The number of halogens is 1. The fraction of sp³-hybridized carbons (Fsp3) is 0.143. The molecular formula is C28H23ClN2O4. The quantitative estimate of drug-likeness (QED) is 0.477. The molecule has 5 rings (SSSR count). The number of carbonyl (C=O) groups excluding carboxylic acids is 2. The van der Waals surface area contributed by atoms with Crippen LogP contribution in [0.25, 0.3) is 0 Å². The molecule has 3 aromatic rings. The number of rotatable bonds is 6. The molecule has 6 nitrogen and oxygen atoms in total. The number of nitrogens with zero attached hydrogens (tertiary/aromatic N) is 1. The predicted octanol–water partition coefficient (Wildman–Crippen LogP) is 5.06. The average molecular weight is 487 g/mol. The van der Waals surface area contributed by atoms with E-state index in [2.05, 4.69) is 5.48 Å². The first-order valence-electron chi connectivity index (χ1n) is 11.3. The Morgan fingerprint density at radius 3 is 2.43 bits per heavy atom. The number of aromatic hydroxyl groups is 1. The van der Waals surface area contributed by atoms with E-state index < -0.39 is 12.0 Å². The van der Waals surface area contributed by atoms with Crippen molar-refractivity contribution in [3.63, 3.8) is 0 Å². The maximum atomic E-state index is 13.7. The van der Waals surface area contributed by atoms with Gasteiger partial charge in [-0.05, 0) is 47.5 Å². The Bertz CT molecular complexity index is 1300. The molecule has 35 heavy (non-hydrogen) atoms. The maximum Gasteiger partial charge on any atom is 0.258 e. The van der Waals surface area contributed by atoms with Crippen LogP contribution >= 0.6 is 11.6 Å². The highest BCUT2D eigenvalue weighted by Gasteiger charge is 2.47. The minimum absolute atomic E-state index is 0.0856. The third-order valence-corrected chi connectivity index (χ3v) is 6.53. The Balaban J connectivity index is 1.54. The molecule has 3 atom stereocenters. The van der Waals surface area contributed by atoms with E-state index in [1.165, 1.54) is 12.1 Å². The van der Waals surface area contributed by atoms with Crippen molar-refractivity contribution in [2.24, 2.45) is 5.92 Å². The summed E-state index contributed by atoms with van der Waals surface area (Å²) in [6.07, 6.45) is 5.51. The lowest BCUT2D eigenvalue weighted by Crippen LogP contribution is -2.55. The maximum absolute atomic E-state index is 13.7. The Kier molecular flexibility index (Phi) is 6.40. The number of carbonyl (C=O) groups is 2. The number of allylic oxidation sites excluding steroid dienone is 2. The van der Waals surface area contributed by atoms with E-state index in [-0.39, 0.29) is 30.1 Å². The molecule has 0 saturated heterocycles. The van der Waals surface area contributed by atoms with Crippen molar-refractivity contribution in [2.75, 3.05) is 4.90 Å².